The lowest BCUT2D eigenvalue weighted by atomic mass is 9.82. The van der Waals surface area contributed by atoms with Crippen LogP contribution < -0.4 is 4.74 Å². The smallest absolute Gasteiger partial charge is 0.198 e. The van der Waals surface area contributed by atoms with Gasteiger partial charge in [-0.1, -0.05) is 55.5 Å². The first-order chi connectivity index (χ1) is 12.3. The summed E-state index contributed by atoms with van der Waals surface area (Å²) in [5, 5.41) is 7.42. The fraction of sp³-hybridized carbons (Fsp3) is 0.409. The van der Waals surface area contributed by atoms with Gasteiger partial charge in [-0.15, -0.1) is 0 Å². The summed E-state index contributed by atoms with van der Waals surface area (Å²) in [6.07, 6.45) is 5.50. The molecule has 2 aliphatic heterocycles. The van der Waals surface area contributed by atoms with E-state index in [4.69, 9.17) is 9.84 Å². The molecule has 2 aromatic rings. The van der Waals surface area contributed by atoms with Crippen molar-refractivity contribution in [2.45, 2.75) is 50.8 Å². The van der Waals surface area contributed by atoms with E-state index in [9.17, 15) is 0 Å². The van der Waals surface area contributed by atoms with E-state index in [-0.39, 0.29) is 5.72 Å². The highest BCUT2D eigenvalue weighted by atomic mass is 16.5. The lowest BCUT2D eigenvalue weighted by Gasteiger charge is -2.50. The van der Waals surface area contributed by atoms with Gasteiger partial charge in [0.15, 0.2) is 5.72 Å². The number of rotatable bonds is 1. The molecule has 1 fully saturated rings. The van der Waals surface area contributed by atoms with E-state index in [2.05, 4.69) is 66.5 Å². The van der Waals surface area contributed by atoms with Crippen molar-refractivity contribution in [2.24, 2.45) is 11.0 Å². The van der Waals surface area contributed by atoms with Crippen LogP contribution in [0, 0.1) is 5.92 Å². The molecule has 0 N–H and O–H groups in total. The van der Waals surface area contributed by atoms with E-state index < -0.39 is 0 Å². The van der Waals surface area contributed by atoms with E-state index in [0.29, 0.717) is 6.04 Å². The lowest BCUT2D eigenvalue weighted by Crippen LogP contribution is -2.55. The molecule has 5 rings (SSSR count). The monoisotopic (exact) mass is 332 g/mol. The standard InChI is InChI=1S/C22H24N2O/c1-16-11-13-22(14-12-16)24-20(18-9-5-6-10-21(18)25-22)15-19(23-24)17-7-3-2-4-8-17/h2-10,16,20H,11-15H2,1H3. The summed E-state index contributed by atoms with van der Waals surface area (Å²) >= 11 is 0. The van der Waals surface area contributed by atoms with E-state index in [0.717, 1.165) is 30.9 Å². The topological polar surface area (TPSA) is 24.8 Å². The molecule has 0 aromatic heterocycles. The summed E-state index contributed by atoms with van der Waals surface area (Å²) in [6.45, 7) is 2.35. The minimum absolute atomic E-state index is 0.262. The highest BCUT2D eigenvalue weighted by Crippen LogP contribution is 2.51. The Morgan fingerprint density at radius 1 is 1.00 bits per heavy atom. The van der Waals surface area contributed by atoms with Gasteiger partial charge in [0.25, 0.3) is 0 Å². The van der Waals surface area contributed by atoms with Gasteiger partial charge in [0.05, 0.1) is 11.8 Å². The molecule has 0 saturated heterocycles. The number of fused-ring (bicyclic) bond motifs is 4. The van der Waals surface area contributed by atoms with E-state index in [1.807, 2.05) is 0 Å². The minimum atomic E-state index is -0.262. The van der Waals surface area contributed by atoms with Gasteiger partial charge in [-0.3, -0.25) is 0 Å². The van der Waals surface area contributed by atoms with Gasteiger partial charge in [-0.05, 0) is 30.4 Å². The Morgan fingerprint density at radius 2 is 1.72 bits per heavy atom. The molecule has 1 saturated carbocycles. The van der Waals surface area contributed by atoms with E-state index in [1.54, 1.807) is 0 Å². The number of ether oxygens (including phenoxy) is 1. The highest BCUT2D eigenvalue weighted by Gasteiger charge is 2.51. The van der Waals surface area contributed by atoms with Crippen molar-refractivity contribution in [3.8, 4) is 5.75 Å². The molecule has 3 nitrogen and oxygen atoms in total. The summed E-state index contributed by atoms with van der Waals surface area (Å²) in [7, 11) is 0. The summed E-state index contributed by atoms with van der Waals surface area (Å²) in [5.41, 5.74) is 3.43. The van der Waals surface area contributed by atoms with E-state index in [1.165, 1.54) is 29.7 Å². The number of benzene rings is 2. The Kier molecular flexibility index (Phi) is 3.37. The Hall–Kier alpha value is -2.29. The van der Waals surface area contributed by atoms with Gasteiger partial charge < -0.3 is 4.74 Å². The van der Waals surface area contributed by atoms with Gasteiger partial charge in [-0.25, -0.2) is 5.01 Å². The van der Waals surface area contributed by atoms with Gasteiger partial charge in [0.1, 0.15) is 5.75 Å². The maximum Gasteiger partial charge on any atom is 0.198 e. The van der Waals surface area contributed by atoms with Crippen LogP contribution in [0.15, 0.2) is 59.7 Å². The highest BCUT2D eigenvalue weighted by molar-refractivity contribution is 6.01. The van der Waals surface area contributed by atoms with Crippen molar-refractivity contribution in [1.29, 1.82) is 0 Å². The molecule has 1 unspecified atom stereocenters. The predicted molar refractivity (Wildman–Crippen MR) is 99.6 cm³/mol. The number of hydrazone groups is 1. The quantitative estimate of drug-likeness (QED) is 0.722. The molecule has 0 bridgehead atoms. The van der Waals surface area contributed by atoms with Crippen molar-refractivity contribution in [3.05, 3.63) is 65.7 Å². The van der Waals surface area contributed by atoms with Crippen LogP contribution in [0.2, 0.25) is 0 Å². The van der Waals surface area contributed by atoms with Gasteiger partial charge >= 0.3 is 0 Å². The van der Waals surface area contributed by atoms with Crippen LogP contribution in [0.1, 0.15) is 56.2 Å². The zero-order chi connectivity index (χ0) is 16.9. The van der Waals surface area contributed by atoms with Crippen LogP contribution >= 0.6 is 0 Å². The zero-order valence-electron chi connectivity index (χ0n) is 14.7. The SMILES string of the molecule is CC1CCC2(CC1)Oc1ccccc1C1CC(c3ccccc3)=NN12. The summed E-state index contributed by atoms with van der Waals surface area (Å²) < 4.78 is 6.63. The summed E-state index contributed by atoms with van der Waals surface area (Å²) in [6, 6.07) is 19.4. The maximum atomic E-state index is 6.63. The Balaban J connectivity index is 1.59. The molecular weight excluding hydrogens is 308 g/mol. The van der Waals surface area contributed by atoms with Crippen LogP contribution in [-0.2, 0) is 0 Å². The fourth-order valence-corrected chi connectivity index (χ4v) is 4.58. The second kappa shape index (κ2) is 5.62. The number of nitrogens with zero attached hydrogens (tertiary/aromatic N) is 2. The molecule has 25 heavy (non-hydrogen) atoms. The third-order valence-electron chi connectivity index (χ3n) is 6.07. The molecule has 1 aliphatic carbocycles. The first-order valence-electron chi connectivity index (χ1n) is 9.45. The van der Waals surface area contributed by atoms with Gasteiger partial charge in [0, 0.05) is 24.8 Å². The third kappa shape index (κ3) is 2.37. The normalized spacial score (nSPS) is 30.4. The molecular formula is C22H24N2O. The van der Waals surface area contributed by atoms with Crippen molar-refractivity contribution in [3.63, 3.8) is 0 Å². The molecule has 128 valence electrons. The average molecular weight is 332 g/mol. The molecule has 3 aliphatic rings. The van der Waals surface area contributed by atoms with Crippen molar-refractivity contribution >= 4 is 5.71 Å². The lowest BCUT2D eigenvalue weighted by molar-refractivity contribution is -0.145. The molecule has 0 radical (unpaired) electrons. The molecule has 2 heterocycles. The Morgan fingerprint density at radius 3 is 2.52 bits per heavy atom. The minimum Gasteiger partial charge on any atom is -0.466 e. The second-order valence-corrected chi connectivity index (χ2v) is 7.75. The molecule has 1 atom stereocenters. The summed E-state index contributed by atoms with van der Waals surface area (Å²) in [5.74, 6) is 1.84. The second-order valence-electron chi connectivity index (χ2n) is 7.75. The van der Waals surface area contributed by atoms with Crippen LogP contribution in [-0.4, -0.2) is 16.4 Å². The third-order valence-corrected chi connectivity index (χ3v) is 6.07. The molecule has 3 heteroatoms. The zero-order valence-corrected chi connectivity index (χ0v) is 14.7. The number of hydrogen-bond donors (Lipinski definition) is 0. The van der Waals surface area contributed by atoms with Gasteiger partial charge in [-0.2, -0.15) is 5.10 Å². The van der Waals surface area contributed by atoms with Crippen LogP contribution in [0.4, 0.5) is 0 Å². The van der Waals surface area contributed by atoms with E-state index >= 15 is 0 Å². The van der Waals surface area contributed by atoms with Crippen LogP contribution in [0.3, 0.4) is 0 Å². The Labute approximate surface area is 149 Å². The maximum absolute atomic E-state index is 6.63. The Bertz CT molecular complexity index is 806. The van der Waals surface area contributed by atoms with Crippen molar-refractivity contribution in [2.75, 3.05) is 0 Å². The first kappa shape index (κ1) is 15.0. The molecule has 1 spiro atoms. The van der Waals surface area contributed by atoms with Crippen molar-refractivity contribution < 1.29 is 4.74 Å². The average Bonchev–Trinajstić information content (AvgIpc) is 3.12. The summed E-state index contributed by atoms with van der Waals surface area (Å²) in [4.78, 5) is 0. The molecule has 0 amide bonds. The number of para-hydroxylation sites is 1. The fourth-order valence-electron chi connectivity index (χ4n) is 4.58. The predicted octanol–water partition coefficient (Wildman–Crippen LogP) is 5.14. The largest absolute Gasteiger partial charge is 0.466 e. The van der Waals surface area contributed by atoms with Crippen LogP contribution in [0.5, 0.6) is 5.75 Å². The molecule has 2 aromatic carbocycles. The number of hydrogen-bond acceptors (Lipinski definition) is 3. The first-order valence-corrected chi connectivity index (χ1v) is 9.45. The van der Waals surface area contributed by atoms with Crippen LogP contribution in [0.25, 0.3) is 0 Å². The van der Waals surface area contributed by atoms with Crippen molar-refractivity contribution in [1.82, 2.24) is 5.01 Å². The van der Waals surface area contributed by atoms with Gasteiger partial charge in [0.2, 0.25) is 0 Å².